The summed E-state index contributed by atoms with van der Waals surface area (Å²) in [5.41, 5.74) is 2.03. The third kappa shape index (κ3) is 2.74. The lowest BCUT2D eigenvalue weighted by Crippen LogP contribution is -2.41. The number of carbonyl (C=O) groups excluding carboxylic acids is 2. The van der Waals surface area contributed by atoms with Crippen molar-refractivity contribution in [3.05, 3.63) is 143 Å². The Bertz CT molecular complexity index is 1280. The minimum atomic E-state index is -0.912. The molecule has 4 aromatic rings. The molecule has 2 aliphatic rings. The van der Waals surface area contributed by atoms with E-state index in [0.29, 0.717) is 11.1 Å². The van der Waals surface area contributed by atoms with E-state index in [9.17, 15) is 9.59 Å². The first-order chi connectivity index (χ1) is 16.2. The molecule has 2 heterocycles. The maximum atomic E-state index is 13.3. The minimum Gasteiger partial charge on any atom is -0.345 e. The van der Waals surface area contributed by atoms with E-state index in [0.717, 1.165) is 16.7 Å². The average molecular weight is 431 g/mol. The smallest absolute Gasteiger partial charge is 0.261 e. The molecule has 1 saturated heterocycles. The Kier molecular flexibility index (Phi) is 4.32. The maximum absolute atomic E-state index is 13.3. The fraction of sp³-hybridized carbons (Fsp3) is 0.103. The van der Waals surface area contributed by atoms with Gasteiger partial charge >= 0.3 is 0 Å². The van der Waals surface area contributed by atoms with Crippen molar-refractivity contribution in [3.63, 3.8) is 0 Å². The van der Waals surface area contributed by atoms with Crippen LogP contribution in [0.4, 0.5) is 0 Å². The summed E-state index contributed by atoms with van der Waals surface area (Å²) in [4.78, 5) is 27.9. The quantitative estimate of drug-likeness (QED) is 0.324. The third-order valence-corrected chi connectivity index (χ3v) is 6.71. The number of rotatable bonds is 5. The van der Waals surface area contributed by atoms with Crippen LogP contribution in [0.2, 0.25) is 0 Å². The number of hydrogen-bond acceptors (Lipinski definition) is 3. The summed E-state index contributed by atoms with van der Waals surface area (Å²) in [6.07, 6.45) is 0. The zero-order chi connectivity index (χ0) is 22.5. The number of carbonyl (C=O) groups is 2. The molecular weight excluding hydrogens is 410 g/mol. The normalized spacial score (nSPS) is 20.5. The minimum absolute atomic E-state index is 0.118. The highest BCUT2D eigenvalue weighted by atomic mass is 16.6. The van der Waals surface area contributed by atoms with E-state index < -0.39 is 11.2 Å². The number of epoxide rings is 1. The molecule has 0 bridgehead atoms. The molecule has 0 saturated carbocycles. The summed E-state index contributed by atoms with van der Waals surface area (Å²) in [5.74, 6) is -0.562. The Morgan fingerprint density at radius 2 is 0.939 bits per heavy atom. The van der Waals surface area contributed by atoms with Gasteiger partial charge in [-0.3, -0.25) is 14.5 Å². The SMILES string of the molecule is O=C1c2ccccc2C(=O)N1CC1(c2ccccc2)OC1(c1ccccc1)c1ccccc1. The first-order valence-corrected chi connectivity index (χ1v) is 11.0. The second-order valence-electron chi connectivity index (χ2n) is 8.45. The van der Waals surface area contributed by atoms with Crippen LogP contribution in [-0.2, 0) is 15.9 Å². The molecular formula is C29H21NO3. The summed E-state index contributed by atoms with van der Waals surface area (Å²) in [5, 5.41) is 0. The van der Waals surface area contributed by atoms with Gasteiger partial charge < -0.3 is 4.74 Å². The van der Waals surface area contributed by atoms with Gasteiger partial charge in [0.05, 0.1) is 17.7 Å². The topological polar surface area (TPSA) is 49.9 Å². The second-order valence-corrected chi connectivity index (χ2v) is 8.45. The van der Waals surface area contributed by atoms with Crippen LogP contribution in [0.1, 0.15) is 37.4 Å². The van der Waals surface area contributed by atoms with Crippen LogP contribution >= 0.6 is 0 Å². The van der Waals surface area contributed by atoms with Gasteiger partial charge in [-0.15, -0.1) is 0 Å². The molecule has 0 aromatic heterocycles. The van der Waals surface area contributed by atoms with Gasteiger partial charge in [-0.1, -0.05) is 103 Å². The zero-order valence-electron chi connectivity index (χ0n) is 17.8. The van der Waals surface area contributed by atoms with E-state index in [1.165, 1.54) is 4.90 Å². The number of imide groups is 1. The number of nitrogens with zero attached hydrogens (tertiary/aromatic N) is 1. The van der Waals surface area contributed by atoms with Crippen molar-refractivity contribution in [2.24, 2.45) is 0 Å². The number of benzene rings is 4. The number of fused-ring (bicyclic) bond motifs is 1. The summed E-state index contributed by atoms with van der Waals surface area (Å²) in [6, 6.07) is 36.9. The average Bonchev–Trinajstić information content (AvgIpc) is 3.53. The summed E-state index contributed by atoms with van der Waals surface area (Å²) in [6.45, 7) is 0.118. The van der Waals surface area contributed by atoms with Crippen LogP contribution in [0.3, 0.4) is 0 Å². The van der Waals surface area contributed by atoms with Gasteiger partial charge in [0, 0.05) is 0 Å². The number of amides is 2. The summed E-state index contributed by atoms with van der Waals surface area (Å²) < 4.78 is 6.76. The van der Waals surface area contributed by atoms with Crippen molar-refractivity contribution in [1.82, 2.24) is 4.90 Å². The highest BCUT2D eigenvalue weighted by Crippen LogP contribution is 2.66. The highest BCUT2D eigenvalue weighted by Gasteiger charge is 2.73. The standard InChI is InChI=1S/C29H21NO3/c31-26-24-18-10-11-19-25(24)27(32)30(26)20-28(21-12-4-1-5-13-21)29(33-28,22-14-6-2-7-15-22)23-16-8-3-9-17-23/h1-19H,20H2. The van der Waals surface area contributed by atoms with Gasteiger partial charge in [-0.25, -0.2) is 0 Å². The van der Waals surface area contributed by atoms with E-state index in [-0.39, 0.29) is 18.4 Å². The summed E-state index contributed by atoms with van der Waals surface area (Å²) >= 11 is 0. The highest BCUT2D eigenvalue weighted by molar-refractivity contribution is 6.21. The second kappa shape index (κ2) is 7.26. The predicted octanol–water partition coefficient (Wildman–Crippen LogP) is 5.15. The Balaban J connectivity index is 1.53. The van der Waals surface area contributed by atoms with Crippen LogP contribution in [-0.4, -0.2) is 23.3 Å². The van der Waals surface area contributed by atoms with Gasteiger partial charge in [0.15, 0.2) is 11.2 Å². The van der Waals surface area contributed by atoms with Crippen LogP contribution in [0.5, 0.6) is 0 Å². The Hall–Kier alpha value is -4.02. The number of hydrogen-bond donors (Lipinski definition) is 0. The fourth-order valence-corrected chi connectivity index (χ4v) is 5.14. The van der Waals surface area contributed by atoms with Gasteiger partial charge in [0.25, 0.3) is 11.8 Å². The number of ether oxygens (including phenoxy) is 1. The van der Waals surface area contributed by atoms with Crippen molar-refractivity contribution in [3.8, 4) is 0 Å². The van der Waals surface area contributed by atoms with Crippen LogP contribution in [0.25, 0.3) is 0 Å². The first kappa shape index (κ1) is 19.6. The van der Waals surface area contributed by atoms with Gasteiger partial charge in [-0.2, -0.15) is 0 Å². The largest absolute Gasteiger partial charge is 0.345 e. The van der Waals surface area contributed by atoms with Crippen LogP contribution in [0, 0.1) is 0 Å². The molecule has 1 fully saturated rings. The van der Waals surface area contributed by atoms with E-state index in [1.54, 1.807) is 24.3 Å². The molecule has 0 spiro atoms. The molecule has 4 nitrogen and oxygen atoms in total. The van der Waals surface area contributed by atoms with E-state index in [4.69, 9.17) is 4.74 Å². The Labute approximate surface area is 192 Å². The lowest BCUT2D eigenvalue weighted by atomic mass is 9.77. The Morgan fingerprint density at radius 1 is 0.545 bits per heavy atom. The van der Waals surface area contributed by atoms with Crippen LogP contribution < -0.4 is 0 Å². The molecule has 1 atom stereocenters. The molecule has 2 amide bonds. The van der Waals surface area contributed by atoms with Gasteiger partial charge in [0.1, 0.15) is 0 Å². The van der Waals surface area contributed by atoms with E-state index in [2.05, 4.69) is 0 Å². The predicted molar refractivity (Wildman–Crippen MR) is 125 cm³/mol. The Morgan fingerprint density at radius 3 is 1.39 bits per heavy atom. The molecule has 2 aliphatic heterocycles. The molecule has 4 aromatic carbocycles. The molecule has 6 rings (SSSR count). The maximum Gasteiger partial charge on any atom is 0.261 e. The molecule has 0 radical (unpaired) electrons. The third-order valence-electron chi connectivity index (χ3n) is 6.71. The fourth-order valence-electron chi connectivity index (χ4n) is 5.14. The molecule has 160 valence electrons. The zero-order valence-corrected chi connectivity index (χ0v) is 17.8. The van der Waals surface area contributed by atoms with Gasteiger partial charge in [-0.05, 0) is 28.8 Å². The van der Waals surface area contributed by atoms with E-state index >= 15 is 0 Å². The molecule has 33 heavy (non-hydrogen) atoms. The molecule has 4 heteroatoms. The summed E-state index contributed by atoms with van der Waals surface area (Å²) in [7, 11) is 0. The van der Waals surface area contributed by atoms with Crippen molar-refractivity contribution in [2.45, 2.75) is 11.2 Å². The monoisotopic (exact) mass is 431 g/mol. The first-order valence-electron chi connectivity index (χ1n) is 11.0. The molecule has 0 aliphatic carbocycles. The molecule has 0 N–H and O–H groups in total. The van der Waals surface area contributed by atoms with E-state index in [1.807, 2.05) is 91.0 Å². The van der Waals surface area contributed by atoms with Crippen molar-refractivity contribution >= 4 is 11.8 Å². The van der Waals surface area contributed by atoms with Gasteiger partial charge in [0.2, 0.25) is 0 Å². The lowest BCUT2D eigenvalue weighted by Gasteiger charge is -2.25. The lowest BCUT2D eigenvalue weighted by molar-refractivity contribution is 0.0608. The van der Waals surface area contributed by atoms with Crippen molar-refractivity contribution in [1.29, 1.82) is 0 Å². The van der Waals surface area contributed by atoms with Crippen LogP contribution in [0.15, 0.2) is 115 Å². The molecule has 1 unspecified atom stereocenters. The van der Waals surface area contributed by atoms with Crippen molar-refractivity contribution < 1.29 is 14.3 Å². The van der Waals surface area contributed by atoms with Crippen molar-refractivity contribution in [2.75, 3.05) is 6.54 Å².